The largest absolute Gasteiger partial charge is 0.307 e. The SMILES string of the molecule is CNC(c1snnc1C(C)C)c1cnnn1C. The van der Waals surface area contributed by atoms with Gasteiger partial charge < -0.3 is 5.32 Å². The van der Waals surface area contributed by atoms with Crippen LogP contribution in [0.1, 0.15) is 42.1 Å². The summed E-state index contributed by atoms with van der Waals surface area (Å²) in [4.78, 5) is 1.13. The van der Waals surface area contributed by atoms with Gasteiger partial charge >= 0.3 is 0 Å². The van der Waals surface area contributed by atoms with Gasteiger partial charge in [0.1, 0.15) is 0 Å². The third-order valence-electron chi connectivity index (χ3n) is 2.68. The second-order valence-electron chi connectivity index (χ2n) is 4.18. The zero-order valence-electron chi connectivity index (χ0n) is 10.4. The van der Waals surface area contributed by atoms with Crippen molar-refractivity contribution < 1.29 is 0 Å². The van der Waals surface area contributed by atoms with Gasteiger partial charge in [-0.25, -0.2) is 0 Å². The second-order valence-corrected chi connectivity index (χ2v) is 4.97. The minimum absolute atomic E-state index is 0.0485. The number of nitrogens with one attached hydrogen (secondary N) is 1. The van der Waals surface area contributed by atoms with Crippen LogP contribution in [0.25, 0.3) is 0 Å². The minimum Gasteiger partial charge on any atom is -0.307 e. The summed E-state index contributed by atoms with van der Waals surface area (Å²) >= 11 is 1.42. The van der Waals surface area contributed by atoms with Crippen molar-refractivity contribution in [2.24, 2.45) is 7.05 Å². The molecule has 0 aliphatic heterocycles. The summed E-state index contributed by atoms with van der Waals surface area (Å²) in [5.41, 5.74) is 2.05. The Bertz CT molecular complexity index is 488. The lowest BCUT2D eigenvalue weighted by Gasteiger charge is -2.15. The molecule has 0 fully saturated rings. The summed E-state index contributed by atoms with van der Waals surface area (Å²) in [5, 5.41) is 15.3. The molecule has 1 unspecified atom stereocenters. The molecule has 1 atom stereocenters. The van der Waals surface area contributed by atoms with E-state index in [2.05, 4.69) is 39.1 Å². The van der Waals surface area contributed by atoms with E-state index in [1.54, 1.807) is 10.9 Å². The first-order chi connectivity index (χ1) is 8.15. The van der Waals surface area contributed by atoms with E-state index in [9.17, 15) is 0 Å². The molecule has 0 amide bonds. The third kappa shape index (κ3) is 2.20. The summed E-state index contributed by atoms with van der Waals surface area (Å²) < 4.78 is 5.82. The number of rotatable bonds is 4. The molecule has 0 spiro atoms. The Hall–Kier alpha value is -1.34. The first kappa shape index (κ1) is 12.1. The quantitative estimate of drug-likeness (QED) is 0.882. The van der Waals surface area contributed by atoms with Gasteiger partial charge in [-0.05, 0) is 24.5 Å². The average Bonchev–Trinajstić information content (AvgIpc) is 2.90. The summed E-state index contributed by atoms with van der Waals surface area (Å²) in [6.07, 6.45) is 1.77. The van der Waals surface area contributed by atoms with Crippen LogP contribution in [0.5, 0.6) is 0 Å². The number of nitrogens with zero attached hydrogens (tertiary/aromatic N) is 5. The van der Waals surface area contributed by atoms with Gasteiger partial charge in [0.2, 0.25) is 0 Å². The Morgan fingerprint density at radius 3 is 2.71 bits per heavy atom. The lowest BCUT2D eigenvalue weighted by molar-refractivity contribution is 0.596. The molecule has 2 aromatic heterocycles. The lowest BCUT2D eigenvalue weighted by atomic mass is 10.0. The van der Waals surface area contributed by atoms with Gasteiger partial charge in [0.15, 0.2) is 0 Å². The Kier molecular flexibility index (Phi) is 3.49. The molecule has 0 bridgehead atoms. The molecule has 17 heavy (non-hydrogen) atoms. The van der Waals surface area contributed by atoms with Crippen LogP contribution in [0.2, 0.25) is 0 Å². The maximum Gasteiger partial charge on any atom is 0.0891 e. The summed E-state index contributed by atoms with van der Waals surface area (Å²) in [5.74, 6) is 0.362. The fourth-order valence-electron chi connectivity index (χ4n) is 1.78. The number of aromatic nitrogens is 5. The van der Waals surface area contributed by atoms with E-state index in [0.717, 1.165) is 16.3 Å². The van der Waals surface area contributed by atoms with Crippen molar-refractivity contribution >= 4 is 11.5 Å². The topological polar surface area (TPSA) is 68.5 Å². The molecule has 0 radical (unpaired) electrons. The van der Waals surface area contributed by atoms with Gasteiger partial charge in [0.25, 0.3) is 0 Å². The highest BCUT2D eigenvalue weighted by Gasteiger charge is 2.23. The molecular formula is C10H16N6S. The van der Waals surface area contributed by atoms with Crippen LogP contribution in [-0.2, 0) is 7.05 Å². The first-order valence-electron chi connectivity index (χ1n) is 5.49. The van der Waals surface area contributed by atoms with Crippen molar-refractivity contribution in [2.45, 2.75) is 25.8 Å². The van der Waals surface area contributed by atoms with Crippen molar-refractivity contribution in [3.8, 4) is 0 Å². The fraction of sp³-hybridized carbons (Fsp3) is 0.600. The van der Waals surface area contributed by atoms with E-state index in [1.165, 1.54) is 11.5 Å². The molecule has 2 heterocycles. The third-order valence-corrected chi connectivity index (χ3v) is 3.49. The maximum absolute atomic E-state index is 4.20. The van der Waals surface area contributed by atoms with Crippen LogP contribution >= 0.6 is 11.5 Å². The molecule has 7 heteroatoms. The molecule has 1 N–H and O–H groups in total. The molecule has 0 aromatic carbocycles. The van der Waals surface area contributed by atoms with Crippen molar-refractivity contribution in [3.05, 3.63) is 22.5 Å². The van der Waals surface area contributed by atoms with Crippen molar-refractivity contribution in [3.63, 3.8) is 0 Å². The highest BCUT2D eigenvalue weighted by Crippen LogP contribution is 2.29. The Morgan fingerprint density at radius 1 is 1.41 bits per heavy atom. The standard InChI is InChI=1S/C10H16N6S/c1-6(2)8-10(17-15-13-8)9(11-3)7-5-12-14-16(7)4/h5-6,9,11H,1-4H3. The summed E-state index contributed by atoms with van der Waals surface area (Å²) in [6.45, 7) is 4.24. The molecule has 2 rings (SSSR count). The zero-order valence-corrected chi connectivity index (χ0v) is 11.2. The van der Waals surface area contributed by atoms with Gasteiger partial charge in [0.05, 0.1) is 28.5 Å². The fourth-order valence-corrected chi connectivity index (χ4v) is 2.71. The van der Waals surface area contributed by atoms with E-state index < -0.39 is 0 Å². The van der Waals surface area contributed by atoms with E-state index in [1.807, 2.05) is 14.1 Å². The van der Waals surface area contributed by atoms with Crippen molar-refractivity contribution in [1.82, 2.24) is 29.9 Å². The number of hydrogen-bond acceptors (Lipinski definition) is 6. The van der Waals surface area contributed by atoms with Gasteiger partial charge in [-0.3, -0.25) is 4.68 Å². The molecule has 0 aliphatic rings. The van der Waals surface area contributed by atoms with Crippen LogP contribution < -0.4 is 5.32 Å². The predicted octanol–water partition coefficient (Wildman–Crippen LogP) is 1.10. The normalized spacial score (nSPS) is 13.2. The molecule has 0 aliphatic carbocycles. The van der Waals surface area contributed by atoms with Crippen molar-refractivity contribution in [2.75, 3.05) is 7.05 Å². The Labute approximate surface area is 104 Å². The highest BCUT2D eigenvalue weighted by molar-refractivity contribution is 7.05. The van der Waals surface area contributed by atoms with Gasteiger partial charge in [-0.1, -0.05) is 23.5 Å². The van der Waals surface area contributed by atoms with Crippen LogP contribution in [0.3, 0.4) is 0 Å². The number of hydrogen-bond donors (Lipinski definition) is 1. The number of aryl methyl sites for hydroxylation is 1. The van der Waals surface area contributed by atoms with E-state index in [-0.39, 0.29) is 6.04 Å². The Morgan fingerprint density at radius 2 is 2.18 bits per heavy atom. The van der Waals surface area contributed by atoms with Gasteiger partial charge in [0, 0.05) is 7.05 Å². The van der Waals surface area contributed by atoms with Gasteiger partial charge in [-0.15, -0.1) is 10.2 Å². The predicted molar refractivity (Wildman–Crippen MR) is 65.9 cm³/mol. The smallest absolute Gasteiger partial charge is 0.0891 e. The van der Waals surface area contributed by atoms with Crippen LogP contribution in [0, 0.1) is 0 Å². The minimum atomic E-state index is 0.0485. The first-order valence-corrected chi connectivity index (χ1v) is 6.26. The van der Waals surface area contributed by atoms with Crippen LogP contribution in [-0.4, -0.2) is 31.6 Å². The van der Waals surface area contributed by atoms with Gasteiger partial charge in [-0.2, -0.15) is 0 Å². The average molecular weight is 252 g/mol. The van der Waals surface area contributed by atoms with Crippen LogP contribution in [0.15, 0.2) is 6.20 Å². The molecule has 0 saturated heterocycles. The molecule has 6 nitrogen and oxygen atoms in total. The summed E-state index contributed by atoms with van der Waals surface area (Å²) in [7, 11) is 3.80. The zero-order chi connectivity index (χ0) is 12.4. The summed E-state index contributed by atoms with van der Waals surface area (Å²) in [6, 6.07) is 0.0485. The molecule has 0 saturated carbocycles. The van der Waals surface area contributed by atoms with E-state index >= 15 is 0 Å². The molecular weight excluding hydrogens is 236 g/mol. The maximum atomic E-state index is 4.20. The van der Waals surface area contributed by atoms with E-state index in [4.69, 9.17) is 0 Å². The monoisotopic (exact) mass is 252 g/mol. The highest BCUT2D eigenvalue weighted by atomic mass is 32.1. The Balaban J connectivity index is 2.43. The molecule has 2 aromatic rings. The lowest BCUT2D eigenvalue weighted by Crippen LogP contribution is -2.21. The van der Waals surface area contributed by atoms with Crippen molar-refractivity contribution in [1.29, 1.82) is 0 Å². The molecule has 92 valence electrons. The van der Waals surface area contributed by atoms with E-state index in [0.29, 0.717) is 5.92 Å². The second kappa shape index (κ2) is 4.89. The van der Waals surface area contributed by atoms with Crippen LogP contribution in [0.4, 0.5) is 0 Å².